The quantitative estimate of drug-likeness (QED) is 0.695. The number of nitrogens with one attached hydrogen (secondary N) is 1. The first-order valence-corrected chi connectivity index (χ1v) is 7.41. The van der Waals surface area contributed by atoms with Crippen molar-refractivity contribution in [2.75, 3.05) is 0 Å². The van der Waals surface area contributed by atoms with E-state index in [1.807, 2.05) is 4.68 Å². The summed E-state index contributed by atoms with van der Waals surface area (Å²) in [5, 5.41) is 7.89. The summed E-state index contributed by atoms with van der Waals surface area (Å²) in [6.45, 7) is 8.47. The van der Waals surface area contributed by atoms with E-state index in [-0.39, 0.29) is 0 Å². The average molecular weight is 252 g/mol. The summed E-state index contributed by atoms with van der Waals surface area (Å²) in [4.78, 5) is 4.34. The molecule has 4 heteroatoms. The lowest BCUT2D eigenvalue weighted by Crippen LogP contribution is -2.29. The predicted octanol–water partition coefficient (Wildman–Crippen LogP) is 3.14. The third kappa shape index (κ3) is 5.17. The number of hydrogen-bond donors (Lipinski definition) is 1. The van der Waals surface area contributed by atoms with E-state index in [4.69, 9.17) is 0 Å². The molecule has 0 aliphatic heterocycles. The minimum absolute atomic E-state index is 0.627. The molecule has 0 aliphatic carbocycles. The molecule has 0 amide bonds. The minimum Gasteiger partial charge on any atom is -0.307 e. The molecule has 0 bridgehead atoms. The van der Waals surface area contributed by atoms with Gasteiger partial charge in [-0.1, -0.05) is 40.0 Å². The standard InChI is InChI=1S/C14H28N4/c1-4-7-9-13(8-5-2)15-11-14-16-12-17-18(14)10-6-3/h12-13,15H,4-11H2,1-3H3. The molecule has 1 heterocycles. The first-order chi connectivity index (χ1) is 8.81. The first kappa shape index (κ1) is 15.2. The summed E-state index contributed by atoms with van der Waals surface area (Å²) >= 11 is 0. The van der Waals surface area contributed by atoms with Gasteiger partial charge in [-0.05, 0) is 19.3 Å². The molecule has 4 nitrogen and oxygen atoms in total. The van der Waals surface area contributed by atoms with Crippen LogP contribution in [0.1, 0.15) is 65.1 Å². The van der Waals surface area contributed by atoms with Crippen molar-refractivity contribution >= 4 is 0 Å². The molecule has 0 aliphatic rings. The van der Waals surface area contributed by atoms with Gasteiger partial charge < -0.3 is 5.32 Å². The maximum absolute atomic E-state index is 4.34. The van der Waals surface area contributed by atoms with Gasteiger partial charge in [0.1, 0.15) is 12.2 Å². The van der Waals surface area contributed by atoms with Gasteiger partial charge in [0.25, 0.3) is 0 Å². The Morgan fingerprint density at radius 1 is 1.17 bits per heavy atom. The molecule has 104 valence electrons. The SMILES string of the molecule is CCCCC(CCC)NCc1ncnn1CCC. The van der Waals surface area contributed by atoms with Gasteiger partial charge in [-0.2, -0.15) is 5.10 Å². The molecule has 0 saturated heterocycles. The molecular formula is C14H28N4. The van der Waals surface area contributed by atoms with E-state index in [2.05, 4.69) is 36.2 Å². The molecule has 1 aromatic rings. The van der Waals surface area contributed by atoms with E-state index in [1.54, 1.807) is 6.33 Å². The highest BCUT2D eigenvalue weighted by molar-refractivity contribution is 4.85. The van der Waals surface area contributed by atoms with Crippen molar-refractivity contribution in [2.45, 2.75) is 78.4 Å². The number of rotatable bonds is 10. The monoisotopic (exact) mass is 252 g/mol. The van der Waals surface area contributed by atoms with Gasteiger partial charge in [0.05, 0.1) is 6.54 Å². The Morgan fingerprint density at radius 3 is 2.67 bits per heavy atom. The molecule has 0 fully saturated rings. The van der Waals surface area contributed by atoms with Crippen LogP contribution >= 0.6 is 0 Å². The number of hydrogen-bond acceptors (Lipinski definition) is 3. The van der Waals surface area contributed by atoms with E-state index in [0.29, 0.717) is 6.04 Å². The Bertz CT molecular complexity index is 308. The smallest absolute Gasteiger partial charge is 0.140 e. The van der Waals surface area contributed by atoms with Crippen LogP contribution < -0.4 is 5.32 Å². The lowest BCUT2D eigenvalue weighted by atomic mass is 10.1. The highest BCUT2D eigenvalue weighted by Gasteiger charge is 2.09. The van der Waals surface area contributed by atoms with Crippen molar-refractivity contribution in [3.8, 4) is 0 Å². The maximum atomic E-state index is 4.34. The zero-order valence-corrected chi connectivity index (χ0v) is 12.2. The van der Waals surface area contributed by atoms with Crippen LogP contribution in [0.3, 0.4) is 0 Å². The van der Waals surface area contributed by atoms with Gasteiger partial charge >= 0.3 is 0 Å². The average Bonchev–Trinajstić information content (AvgIpc) is 2.81. The summed E-state index contributed by atoms with van der Waals surface area (Å²) in [7, 11) is 0. The largest absolute Gasteiger partial charge is 0.307 e. The summed E-state index contributed by atoms with van der Waals surface area (Å²) in [5.41, 5.74) is 0. The number of aromatic nitrogens is 3. The lowest BCUT2D eigenvalue weighted by molar-refractivity contribution is 0.419. The first-order valence-electron chi connectivity index (χ1n) is 7.41. The summed E-state index contributed by atoms with van der Waals surface area (Å²) in [5.74, 6) is 1.06. The number of aryl methyl sites for hydroxylation is 1. The van der Waals surface area contributed by atoms with Crippen molar-refractivity contribution in [3.05, 3.63) is 12.2 Å². The second-order valence-electron chi connectivity index (χ2n) is 4.91. The second kappa shape index (κ2) is 9.09. The Morgan fingerprint density at radius 2 is 2.00 bits per heavy atom. The molecule has 0 spiro atoms. The Labute approximate surface area is 111 Å². The van der Waals surface area contributed by atoms with Crippen molar-refractivity contribution in [3.63, 3.8) is 0 Å². The molecule has 18 heavy (non-hydrogen) atoms. The molecule has 1 rings (SSSR count). The fourth-order valence-electron chi connectivity index (χ4n) is 2.21. The van der Waals surface area contributed by atoms with E-state index in [0.717, 1.165) is 25.3 Å². The molecule has 1 unspecified atom stereocenters. The topological polar surface area (TPSA) is 42.7 Å². The Balaban J connectivity index is 2.42. The van der Waals surface area contributed by atoms with Crippen LogP contribution in [0.15, 0.2) is 6.33 Å². The van der Waals surface area contributed by atoms with Gasteiger partial charge in [-0.15, -0.1) is 0 Å². The molecule has 0 saturated carbocycles. The van der Waals surface area contributed by atoms with Crippen LogP contribution in [0.4, 0.5) is 0 Å². The van der Waals surface area contributed by atoms with E-state index < -0.39 is 0 Å². The van der Waals surface area contributed by atoms with Gasteiger partial charge in [0.2, 0.25) is 0 Å². The third-order valence-corrected chi connectivity index (χ3v) is 3.22. The fourth-order valence-corrected chi connectivity index (χ4v) is 2.21. The zero-order valence-electron chi connectivity index (χ0n) is 12.2. The normalized spacial score (nSPS) is 12.8. The minimum atomic E-state index is 0.627. The van der Waals surface area contributed by atoms with Crippen molar-refractivity contribution in [2.24, 2.45) is 0 Å². The lowest BCUT2D eigenvalue weighted by Gasteiger charge is -2.17. The summed E-state index contributed by atoms with van der Waals surface area (Å²) in [6.07, 6.45) is 9.10. The molecule has 0 aromatic carbocycles. The van der Waals surface area contributed by atoms with Crippen LogP contribution in [0.2, 0.25) is 0 Å². The molecule has 0 radical (unpaired) electrons. The van der Waals surface area contributed by atoms with Gasteiger partial charge in [-0.3, -0.25) is 0 Å². The molecule has 1 N–H and O–H groups in total. The second-order valence-corrected chi connectivity index (χ2v) is 4.91. The van der Waals surface area contributed by atoms with E-state index in [1.165, 1.54) is 32.1 Å². The van der Waals surface area contributed by atoms with Gasteiger partial charge in [-0.25, -0.2) is 9.67 Å². The van der Waals surface area contributed by atoms with E-state index >= 15 is 0 Å². The van der Waals surface area contributed by atoms with E-state index in [9.17, 15) is 0 Å². The third-order valence-electron chi connectivity index (χ3n) is 3.22. The molecule has 1 aromatic heterocycles. The van der Waals surface area contributed by atoms with Gasteiger partial charge in [0, 0.05) is 12.6 Å². The zero-order chi connectivity index (χ0) is 13.2. The van der Waals surface area contributed by atoms with Crippen molar-refractivity contribution in [1.82, 2.24) is 20.1 Å². The number of nitrogens with zero attached hydrogens (tertiary/aromatic N) is 3. The van der Waals surface area contributed by atoms with Crippen LogP contribution in [-0.2, 0) is 13.1 Å². The number of unbranched alkanes of at least 4 members (excludes halogenated alkanes) is 1. The summed E-state index contributed by atoms with van der Waals surface area (Å²) < 4.78 is 2.01. The molecule has 1 atom stereocenters. The highest BCUT2D eigenvalue weighted by atomic mass is 15.3. The van der Waals surface area contributed by atoms with Crippen molar-refractivity contribution in [1.29, 1.82) is 0 Å². The Kier molecular flexibility index (Phi) is 7.65. The van der Waals surface area contributed by atoms with Gasteiger partial charge in [0.15, 0.2) is 0 Å². The fraction of sp³-hybridized carbons (Fsp3) is 0.857. The predicted molar refractivity (Wildman–Crippen MR) is 75.4 cm³/mol. The van der Waals surface area contributed by atoms with Crippen LogP contribution in [0.5, 0.6) is 0 Å². The highest BCUT2D eigenvalue weighted by Crippen LogP contribution is 2.08. The molecular weight excluding hydrogens is 224 g/mol. The van der Waals surface area contributed by atoms with Crippen molar-refractivity contribution < 1.29 is 0 Å². The van der Waals surface area contributed by atoms with Crippen LogP contribution in [0.25, 0.3) is 0 Å². The van der Waals surface area contributed by atoms with Crippen LogP contribution in [-0.4, -0.2) is 20.8 Å². The van der Waals surface area contributed by atoms with Crippen LogP contribution in [0, 0.1) is 0 Å². The maximum Gasteiger partial charge on any atom is 0.140 e. The Hall–Kier alpha value is -0.900. The summed E-state index contributed by atoms with van der Waals surface area (Å²) in [6, 6.07) is 0.627.